The molecule has 2 aliphatic rings. The first-order valence-corrected chi connectivity index (χ1v) is 9.72. The van der Waals surface area contributed by atoms with E-state index in [0.29, 0.717) is 0 Å². The summed E-state index contributed by atoms with van der Waals surface area (Å²) in [5.41, 5.74) is 0.635. The molecule has 3 rings (SSSR count). The number of ether oxygens (including phenoxy) is 1. The fraction of sp³-hybridized carbons (Fsp3) is 0.700. The fourth-order valence-corrected chi connectivity index (χ4v) is 3.63. The zero-order chi connectivity index (χ0) is 18.7. The average Bonchev–Trinajstić information content (AvgIpc) is 2.61. The number of anilines is 1. The molecule has 0 N–H and O–H groups in total. The van der Waals surface area contributed by atoms with E-state index in [1.807, 2.05) is 31.9 Å². The number of aromatic nitrogens is 1. The molecule has 1 aromatic heterocycles. The second-order valence-electron chi connectivity index (χ2n) is 8.43. The van der Waals surface area contributed by atoms with E-state index >= 15 is 0 Å². The molecule has 2 fully saturated rings. The monoisotopic (exact) mass is 360 g/mol. The van der Waals surface area contributed by atoms with E-state index in [-0.39, 0.29) is 12.1 Å². The molecule has 0 bridgehead atoms. The van der Waals surface area contributed by atoms with Crippen LogP contribution in [0.5, 0.6) is 0 Å². The zero-order valence-corrected chi connectivity index (χ0v) is 16.6. The van der Waals surface area contributed by atoms with E-state index < -0.39 is 5.60 Å². The second-order valence-corrected chi connectivity index (χ2v) is 8.43. The second kappa shape index (κ2) is 7.82. The van der Waals surface area contributed by atoms with Gasteiger partial charge in [-0.05, 0) is 58.7 Å². The van der Waals surface area contributed by atoms with Crippen molar-refractivity contribution in [2.24, 2.45) is 0 Å². The van der Waals surface area contributed by atoms with Crippen molar-refractivity contribution in [3.8, 4) is 0 Å². The minimum atomic E-state index is -0.470. The lowest BCUT2D eigenvalue weighted by Crippen LogP contribution is -2.44. The number of amides is 1. The standard InChI is InChI=1S/C20H32N4O2/c1-20(2,3)26-19(25)24-10-6-5-7-17(24)16-8-9-18(21-15-16)23-13-11-22(4)12-14-23/h8-9,15,17H,5-7,10-14H2,1-4H3/t17-/m1/s1. The predicted molar refractivity (Wildman–Crippen MR) is 103 cm³/mol. The third kappa shape index (κ3) is 4.67. The molecule has 0 aromatic carbocycles. The van der Waals surface area contributed by atoms with Crippen molar-refractivity contribution in [2.45, 2.75) is 51.7 Å². The Morgan fingerprint density at radius 1 is 1.12 bits per heavy atom. The van der Waals surface area contributed by atoms with Gasteiger partial charge in [0.05, 0.1) is 6.04 Å². The van der Waals surface area contributed by atoms with Crippen molar-refractivity contribution in [2.75, 3.05) is 44.7 Å². The summed E-state index contributed by atoms with van der Waals surface area (Å²) in [5.74, 6) is 1.03. The highest BCUT2D eigenvalue weighted by atomic mass is 16.6. The average molecular weight is 361 g/mol. The maximum Gasteiger partial charge on any atom is 0.410 e. The van der Waals surface area contributed by atoms with Gasteiger partial charge in [-0.25, -0.2) is 9.78 Å². The Bertz CT molecular complexity index is 603. The first-order valence-electron chi connectivity index (χ1n) is 9.72. The first-order chi connectivity index (χ1) is 12.3. The van der Waals surface area contributed by atoms with Crippen molar-refractivity contribution in [1.82, 2.24) is 14.8 Å². The van der Waals surface area contributed by atoms with Gasteiger partial charge in [0, 0.05) is 38.9 Å². The molecule has 26 heavy (non-hydrogen) atoms. The number of piperazine rings is 1. The van der Waals surface area contributed by atoms with Crippen LogP contribution in [0, 0.1) is 0 Å². The molecule has 0 unspecified atom stereocenters. The molecule has 0 spiro atoms. The van der Waals surface area contributed by atoms with Gasteiger partial charge >= 0.3 is 6.09 Å². The van der Waals surface area contributed by atoms with Crippen molar-refractivity contribution in [1.29, 1.82) is 0 Å². The van der Waals surface area contributed by atoms with Crippen LogP contribution in [-0.2, 0) is 4.74 Å². The number of nitrogens with zero attached hydrogens (tertiary/aromatic N) is 4. The summed E-state index contributed by atoms with van der Waals surface area (Å²) < 4.78 is 5.61. The largest absolute Gasteiger partial charge is 0.444 e. The molecule has 3 heterocycles. The van der Waals surface area contributed by atoms with Crippen LogP contribution >= 0.6 is 0 Å². The molecule has 0 aliphatic carbocycles. The highest BCUT2D eigenvalue weighted by Crippen LogP contribution is 2.32. The van der Waals surface area contributed by atoms with Crippen LogP contribution in [0.4, 0.5) is 10.6 Å². The molecule has 1 amide bonds. The van der Waals surface area contributed by atoms with Crippen LogP contribution in [0.2, 0.25) is 0 Å². The quantitative estimate of drug-likeness (QED) is 0.810. The third-order valence-corrected chi connectivity index (χ3v) is 5.11. The van der Waals surface area contributed by atoms with Gasteiger partial charge < -0.3 is 19.4 Å². The molecule has 2 aliphatic heterocycles. The number of carbonyl (C=O) groups excluding carboxylic acids is 1. The van der Waals surface area contributed by atoms with Crippen LogP contribution in [0.3, 0.4) is 0 Å². The Morgan fingerprint density at radius 3 is 2.46 bits per heavy atom. The lowest BCUT2D eigenvalue weighted by Gasteiger charge is -2.37. The highest BCUT2D eigenvalue weighted by Gasteiger charge is 2.31. The van der Waals surface area contributed by atoms with E-state index in [0.717, 1.165) is 63.4 Å². The summed E-state index contributed by atoms with van der Waals surface area (Å²) in [6, 6.07) is 4.30. The zero-order valence-electron chi connectivity index (χ0n) is 16.6. The number of hydrogen-bond donors (Lipinski definition) is 0. The number of rotatable bonds is 2. The first kappa shape index (κ1) is 19.0. The van der Waals surface area contributed by atoms with Crippen LogP contribution < -0.4 is 4.90 Å². The summed E-state index contributed by atoms with van der Waals surface area (Å²) in [4.78, 5) is 23.9. The normalized spacial score (nSPS) is 22.4. The van der Waals surface area contributed by atoms with Gasteiger partial charge in [-0.3, -0.25) is 0 Å². The molecule has 2 saturated heterocycles. The fourth-order valence-electron chi connectivity index (χ4n) is 3.63. The number of likely N-dealkylation sites (N-methyl/N-ethyl adjacent to an activating group) is 1. The maximum atomic E-state index is 12.6. The van der Waals surface area contributed by atoms with E-state index in [1.54, 1.807) is 0 Å². The van der Waals surface area contributed by atoms with Crippen LogP contribution in [0.15, 0.2) is 18.3 Å². The summed E-state index contributed by atoms with van der Waals surface area (Å²) in [6.45, 7) is 10.6. The van der Waals surface area contributed by atoms with Crippen LogP contribution in [0.25, 0.3) is 0 Å². The predicted octanol–water partition coefficient (Wildman–Crippen LogP) is 3.30. The Morgan fingerprint density at radius 2 is 1.85 bits per heavy atom. The van der Waals surface area contributed by atoms with Crippen molar-refractivity contribution < 1.29 is 9.53 Å². The van der Waals surface area contributed by atoms with Crippen molar-refractivity contribution in [3.05, 3.63) is 23.9 Å². The van der Waals surface area contributed by atoms with Gasteiger partial charge in [0.2, 0.25) is 0 Å². The van der Waals surface area contributed by atoms with E-state index in [1.165, 1.54) is 0 Å². The topological polar surface area (TPSA) is 48.9 Å². The molecule has 1 atom stereocenters. The van der Waals surface area contributed by atoms with Gasteiger partial charge in [0.15, 0.2) is 0 Å². The van der Waals surface area contributed by atoms with Gasteiger partial charge in [0.1, 0.15) is 11.4 Å². The van der Waals surface area contributed by atoms with Gasteiger partial charge in [0.25, 0.3) is 0 Å². The Balaban J connectivity index is 1.70. The summed E-state index contributed by atoms with van der Waals surface area (Å²) in [6.07, 6.45) is 4.85. The van der Waals surface area contributed by atoms with E-state index in [4.69, 9.17) is 9.72 Å². The molecule has 6 heteroatoms. The third-order valence-electron chi connectivity index (χ3n) is 5.11. The Kier molecular flexibility index (Phi) is 5.70. The lowest BCUT2D eigenvalue weighted by atomic mass is 9.97. The Hall–Kier alpha value is -1.82. The maximum absolute atomic E-state index is 12.6. The van der Waals surface area contributed by atoms with Crippen molar-refractivity contribution in [3.63, 3.8) is 0 Å². The molecular formula is C20H32N4O2. The summed E-state index contributed by atoms with van der Waals surface area (Å²) in [5, 5.41) is 0. The number of pyridine rings is 1. The van der Waals surface area contributed by atoms with Gasteiger partial charge in [-0.1, -0.05) is 6.07 Å². The molecule has 144 valence electrons. The Labute approximate surface area is 157 Å². The van der Waals surface area contributed by atoms with Gasteiger partial charge in [-0.2, -0.15) is 0 Å². The smallest absolute Gasteiger partial charge is 0.410 e. The number of piperidine rings is 1. The highest BCUT2D eigenvalue weighted by molar-refractivity contribution is 5.69. The molecule has 6 nitrogen and oxygen atoms in total. The molecular weight excluding hydrogens is 328 g/mol. The van der Waals surface area contributed by atoms with Crippen LogP contribution in [-0.4, -0.2) is 66.2 Å². The van der Waals surface area contributed by atoms with E-state index in [9.17, 15) is 4.79 Å². The lowest BCUT2D eigenvalue weighted by molar-refractivity contribution is 0.00948. The molecule has 0 saturated carbocycles. The molecule has 1 aromatic rings. The SMILES string of the molecule is CN1CCN(c2ccc([C@H]3CCCCN3C(=O)OC(C)(C)C)cn2)CC1. The minimum Gasteiger partial charge on any atom is -0.444 e. The number of hydrogen-bond acceptors (Lipinski definition) is 5. The summed E-state index contributed by atoms with van der Waals surface area (Å²) in [7, 11) is 2.15. The van der Waals surface area contributed by atoms with Crippen LogP contribution in [0.1, 0.15) is 51.6 Å². The van der Waals surface area contributed by atoms with Gasteiger partial charge in [-0.15, -0.1) is 0 Å². The number of carbonyl (C=O) groups is 1. The minimum absolute atomic E-state index is 0.0626. The van der Waals surface area contributed by atoms with Crippen molar-refractivity contribution >= 4 is 11.9 Å². The van der Waals surface area contributed by atoms with E-state index in [2.05, 4.69) is 29.0 Å². The molecule has 0 radical (unpaired) electrons. The number of likely N-dealkylation sites (tertiary alicyclic amines) is 1. The summed E-state index contributed by atoms with van der Waals surface area (Å²) >= 11 is 0.